The molecule has 0 radical (unpaired) electrons. The van der Waals surface area contributed by atoms with Crippen LogP contribution in [0.2, 0.25) is 0 Å². The molecule has 0 saturated carbocycles. The smallest absolute Gasteiger partial charge is 0.282 e. The molecule has 0 aliphatic heterocycles. The van der Waals surface area contributed by atoms with Crippen molar-refractivity contribution in [3.8, 4) is 0 Å². The van der Waals surface area contributed by atoms with Gasteiger partial charge < -0.3 is 0 Å². The van der Waals surface area contributed by atoms with Crippen molar-refractivity contribution in [1.82, 2.24) is 5.48 Å². The summed E-state index contributed by atoms with van der Waals surface area (Å²) in [5.74, 6) is -1.08. The molecule has 4 aromatic carbocycles. The summed E-state index contributed by atoms with van der Waals surface area (Å²) in [6, 6.07) is 7.28. The van der Waals surface area contributed by atoms with E-state index in [1.165, 1.54) is 29.7 Å². The van der Waals surface area contributed by atoms with Crippen molar-refractivity contribution >= 4 is 78.7 Å². The second kappa shape index (κ2) is 8.02. The summed E-state index contributed by atoms with van der Waals surface area (Å²) in [6.07, 6.45) is 0. The molecule has 4 N–H and O–H groups in total. The Bertz CT molecular complexity index is 2050. The van der Waals surface area contributed by atoms with Crippen LogP contribution in [0.1, 0.15) is 6.92 Å². The molecule has 18 heteroatoms. The second-order valence-electron chi connectivity index (χ2n) is 7.43. The lowest BCUT2D eigenvalue weighted by atomic mass is 9.94. The molecule has 4 aromatic rings. The number of carbonyl (C=O) groups is 1. The number of nitrogens with one attached hydrogen (secondary N) is 1. The predicted octanol–water partition coefficient (Wildman–Crippen LogP) is 1.08. The van der Waals surface area contributed by atoms with Crippen LogP contribution in [0.15, 0.2) is 56.0 Å². The highest BCUT2D eigenvalue weighted by atomic mass is 32.2. The first kappa shape index (κ1) is 26.1. The Balaban J connectivity index is 2.53. The zero-order chi connectivity index (χ0) is 27.0. The van der Waals surface area contributed by atoms with Crippen molar-refractivity contribution in [3.63, 3.8) is 0 Å². The van der Waals surface area contributed by atoms with E-state index in [4.69, 9.17) is 0 Å². The topological polar surface area (TPSA) is 236 Å². The van der Waals surface area contributed by atoms with E-state index >= 15 is 0 Å². The lowest BCUT2D eigenvalue weighted by Crippen LogP contribution is -2.26. The Labute approximate surface area is 203 Å². The van der Waals surface area contributed by atoms with Gasteiger partial charge in [0.15, 0.2) is 0 Å². The average molecular weight is 580 g/mol. The highest BCUT2D eigenvalue weighted by Gasteiger charge is 2.40. The third-order valence-electron chi connectivity index (χ3n) is 5.08. The molecule has 192 valence electrons. The van der Waals surface area contributed by atoms with E-state index in [0.717, 1.165) is 19.1 Å². The van der Waals surface area contributed by atoms with E-state index in [1.54, 1.807) is 0 Å². The van der Waals surface area contributed by atoms with Gasteiger partial charge >= 0.3 is 10.1 Å². The van der Waals surface area contributed by atoms with Gasteiger partial charge in [-0.05, 0) is 22.2 Å². The lowest BCUT2D eigenvalue weighted by Gasteiger charge is -2.20. The van der Waals surface area contributed by atoms with Crippen LogP contribution in [0.5, 0.6) is 0 Å². The van der Waals surface area contributed by atoms with E-state index in [0.29, 0.717) is 5.39 Å². The van der Waals surface area contributed by atoms with Gasteiger partial charge in [-0.25, -0.2) is 5.48 Å². The highest BCUT2D eigenvalue weighted by Crippen LogP contribution is 2.47. The minimum absolute atomic E-state index is 0.0140. The molecule has 0 atom stereocenters. The first-order valence-electron chi connectivity index (χ1n) is 9.25. The zero-order valence-electron chi connectivity index (χ0n) is 17.5. The minimum Gasteiger partial charge on any atom is -0.282 e. The number of hydrogen-bond acceptors (Lipinski definition) is 10. The SMILES string of the molecule is CC(=O)NOS(=O)(=O)c1c(S(=O)(=O)O)c(S(=O)(=O)O)c2c(S(=O)(=O)O)cc3cccc4ccc1c2c43. The molecule has 0 aliphatic rings. The van der Waals surface area contributed by atoms with Gasteiger partial charge in [-0.15, -0.1) is 4.28 Å². The first-order valence-corrected chi connectivity index (χ1v) is 15.0. The number of hydroxylamine groups is 1. The van der Waals surface area contributed by atoms with E-state index in [-0.39, 0.29) is 10.8 Å². The minimum atomic E-state index is -5.91. The van der Waals surface area contributed by atoms with Gasteiger partial charge in [-0.2, -0.15) is 33.7 Å². The fraction of sp³-hybridized carbons (Fsp3) is 0.0556. The van der Waals surface area contributed by atoms with E-state index < -0.39 is 82.1 Å². The standard InChI is InChI=1S/C18H13NO13S4/c1-8(20)19-32-36(30,31)16-11-6-5-9-3-2-4-10-7-12(33(21,22)23)15(14(11)13(9)10)17(34(24,25)26)18(16)35(27,28)29/h2-7H,1H3,(H,19,20)(H,21,22,23)(H,24,25,26)(H,27,28,29). The molecule has 0 fully saturated rings. The molecule has 0 unspecified atom stereocenters. The summed E-state index contributed by atoms with van der Waals surface area (Å²) < 4.78 is 134. The molecule has 4 rings (SSSR count). The maximum atomic E-state index is 13.1. The molecule has 0 spiro atoms. The monoisotopic (exact) mass is 579 g/mol. The van der Waals surface area contributed by atoms with Crippen molar-refractivity contribution in [2.75, 3.05) is 0 Å². The number of rotatable bonds is 6. The molecule has 0 saturated heterocycles. The van der Waals surface area contributed by atoms with Crippen molar-refractivity contribution in [3.05, 3.63) is 36.4 Å². The number of carbonyl (C=O) groups excluding carboxylic acids is 1. The Morgan fingerprint density at radius 3 is 1.83 bits per heavy atom. The van der Waals surface area contributed by atoms with Gasteiger partial charge in [0, 0.05) is 23.1 Å². The number of amides is 1. The summed E-state index contributed by atoms with van der Waals surface area (Å²) in [7, 11) is -22.6. The van der Waals surface area contributed by atoms with Gasteiger partial charge in [0.05, 0.1) is 0 Å². The Morgan fingerprint density at radius 1 is 0.722 bits per heavy atom. The van der Waals surface area contributed by atoms with Crippen molar-refractivity contribution in [1.29, 1.82) is 0 Å². The maximum absolute atomic E-state index is 13.1. The van der Waals surface area contributed by atoms with Crippen LogP contribution in [0.25, 0.3) is 32.3 Å². The summed E-state index contributed by atoms with van der Waals surface area (Å²) >= 11 is 0. The van der Waals surface area contributed by atoms with Gasteiger partial charge in [-0.1, -0.05) is 30.3 Å². The molecular formula is C18H13NO13S4. The van der Waals surface area contributed by atoms with Gasteiger partial charge in [0.25, 0.3) is 30.4 Å². The Morgan fingerprint density at radius 2 is 1.31 bits per heavy atom. The van der Waals surface area contributed by atoms with Crippen LogP contribution in [0, 0.1) is 0 Å². The Hall–Kier alpha value is -2.97. The third-order valence-corrected chi connectivity index (χ3v) is 9.30. The van der Waals surface area contributed by atoms with Crippen LogP contribution in [-0.4, -0.2) is 53.2 Å². The maximum Gasteiger partial charge on any atom is 0.319 e. The van der Waals surface area contributed by atoms with E-state index in [1.807, 2.05) is 0 Å². The molecule has 0 aliphatic carbocycles. The van der Waals surface area contributed by atoms with Gasteiger partial charge in [-0.3, -0.25) is 18.5 Å². The van der Waals surface area contributed by atoms with Crippen LogP contribution >= 0.6 is 0 Å². The van der Waals surface area contributed by atoms with E-state index in [2.05, 4.69) is 4.28 Å². The molecule has 1 amide bonds. The van der Waals surface area contributed by atoms with Crippen LogP contribution in [-0.2, 0) is 49.6 Å². The quantitative estimate of drug-likeness (QED) is 0.142. The fourth-order valence-electron chi connectivity index (χ4n) is 3.96. The molecule has 0 bridgehead atoms. The van der Waals surface area contributed by atoms with E-state index in [9.17, 15) is 52.1 Å². The fourth-order valence-corrected chi connectivity index (χ4v) is 8.65. The summed E-state index contributed by atoms with van der Waals surface area (Å²) in [6.45, 7) is 0.825. The first-order chi connectivity index (χ1) is 16.4. The number of benzene rings is 4. The average Bonchev–Trinajstić information content (AvgIpc) is 2.72. The predicted molar refractivity (Wildman–Crippen MR) is 122 cm³/mol. The van der Waals surface area contributed by atoms with Gasteiger partial charge in [0.2, 0.25) is 5.91 Å². The molecule has 0 aromatic heterocycles. The van der Waals surface area contributed by atoms with Crippen LogP contribution < -0.4 is 5.48 Å². The molecule has 14 nitrogen and oxygen atoms in total. The lowest BCUT2D eigenvalue weighted by molar-refractivity contribution is -0.125. The van der Waals surface area contributed by atoms with Crippen molar-refractivity contribution in [2.24, 2.45) is 0 Å². The number of hydrogen-bond donors (Lipinski definition) is 4. The summed E-state index contributed by atoms with van der Waals surface area (Å²) in [5, 5.41) is -1.96. The van der Waals surface area contributed by atoms with Crippen LogP contribution in [0.3, 0.4) is 0 Å². The molecule has 36 heavy (non-hydrogen) atoms. The second-order valence-corrected chi connectivity index (χ2v) is 13.0. The normalized spacial score (nSPS) is 13.6. The highest BCUT2D eigenvalue weighted by molar-refractivity contribution is 7.91. The largest absolute Gasteiger partial charge is 0.319 e. The summed E-state index contributed by atoms with van der Waals surface area (Å²) in [5.41, 5.74) is 1.43. The van der Waals surface area contributed by atoms with Gasteiger partial charge in [0.1, 0.15) is 19.6 Å². The Kier molecular flexibility index (Phi) is 5.81. The molecule has 0 heterocycles. The molecular weight excluding hydrogens is 566 g/mol. The van der Waals surface area contributed by atoms with Crippen LogP contribution in [0.4, 0.5) is 0 Å². The van der Waals surface area contributed by atoms with Crippen molar-refractivity contribution < 1.29 is 56.4 Å². The van der Waals surface area contributed by atoms with Crippen molar-refractivity contribution in [2.45, 2.75) is 26.5 Å². The summed E-state index contributed by atoms with van der Waals surface area (Å²) in [4.78, 5) is 4.67. The third kappa shape index (κ3) is 4.16. The zero-order valence-corrected chi connectivity index (χ0v) is 20.8.